The van der Waals surface area contributed by atoms with Gasteiger partial charge in [0.15, 0.2) is 5.13 Å². The number of benzene rings is 2. The van der Waals surface area contributed by atoms with Crippen LogP contribution in [0.5, 0.6) is 0 Å². The molecule has 2 aromatic heterocycles. The molecule has 0 unspecified atom stereocenters. The van der Waals surface area contributed by atoms with Crippen LogP contribution in [0, 0.1) is 0 Å². The van der Waals surface area contributed by atoms with E-state index in [-0.39, 0.29) is 5.95 Å². The Morgan fingerprint density at radius 3 is 2.55 bits per heavy atom. The van der Waals surface area contributed by atoms with Crippen molar-refractivity contribution in [3.8, 4) is 22.5 Å². The first-order chi connectivity index (χ1) is 14.9. The Bertz CT molecular complexity index is 1300. The molecule has 0 aliphatic rings. The molecule has 0 saturated heterocycles. The summed E-state index contributed by atoms with van der Waals surface area (Å²) in [4.78, 5) is 23.4. The van der Waals surface area contributed by atoms with Gasteiger partial charge in [-0.05, 0) is 17.7 Å². The number of H-pyrrole nitrogens is 1. The summed E-state index contributed by atoms with van der Waals surface area (Å²) in [5.74, 6) is -1.46. The van der Waals surface area contributed by atoms with Gasteiger partial charge in [0.1, 0.15) is 5.75 Å². The number of amides is 1. The Morgan fingerprint density at radius 2 is 1.81 bits per heavy atom. The average molecular weight is 474 g/mol. The monoisotopic (exact) mass is 473 g/mol. The van der Waals surface area contributed by atoms with Crippen LogP contribution in [0.25, 0.3) is 22.5 Å². The quantitative estimate of drug-likeness (QED) is 0.371. The number of hydrogen-bond acceptors (Lipinski definition) is 6. The normalized spacial score (nSPS) is 11.3. The van der Waals surface area contributed by atoms with Crippen molar-refractivity contribution in [2.75, 3.05) is 15.8 Å². The molecule has 11 heteroatoms. The molecule has 0 atom stereocenters. The maximum Gasteiger partial charge on any atom is 0.244 e. The summed E-state index contributed by atoms with van der Waals surface area (Å²) in [6.07, 6.45) is 1.49. The molecule has 31 heavy (non-hydrogen) atoms. The van der Waals surface area contributed by atoms with E-state index in [1.165, 1.54) is 17.5 Å². The van der Waals surface area contributed by atoms with Crippen molar-refractivity contribution in [1.29, 1.82) is 0 Å². The molecule has 0 saturated carbocycles. The lowest BCUT2D eigenvalue weighted by Crippen LogP contribution is -2.27. The van der Waals surface area contributed by atoms with Gasteiger partial charge in [-0.15, -0.1) is 11.3 Å². The second-order valence-electron chi connectivity index (χ2n) is 6.47. The van der Waals surface area contributed by atoms with Crippen LogP contribution >= 0.6 is 22.9 Å². The highest BCUT2D eigenvalue weighted by atomic mass is 35.5. The zero-order valence-corrected chi connectivity index (χ0v) is 18.3. The molecule has 0 bridgehead atoms. The number of nitrogens with zero attached hydrogens (tertiary/aromatic N) is 2. The van der Waals surface area contributed by atoms with Gasteiger partial charge in [0.05, 0.1) is 17.6 Å². The predicted octanol–water partition coefficient (Wildman–Crippen LogP) is 4.23. The van der Waals surface area contributed by atoms with Crippen LogP contribution in [0.4, 0.5) is 11.1 Å². The third-order valence-corrected chi connectivity index (χ3v) is 6.28. The van der Waals surface area contributed by atoms with Crippen LogP contribution in [-0.4, -0.2) is 35.0 Å². The van der Waals surface area contributed by atoms with Gasteiger partial charge in [0.2, 0.25) is 21.9 Å². The largest absolute Gasteiger partial charge is 0.323 e. The van der Waals surface area contributed by atoms with Crippen molar-refractivity contribution < 1.29 is 13.2 Å². The van der Waals surface area contributed by atoms with Gasteiger partial charge in [-0.3, -0.25) is 9.52 Å². The number of hydrogen-bond donors (Lipinski definition) is 3. The Morgan fingerprint density at radius 1 is 1.06 bits per heavy atom. The van der Waals surface area contributed by atoms with Crippen molar-refractivity contribution in [3.05, 3.63) is 71.2 Å². The van der Waals surface area contributed by atoms with Gasteiger partial charge in [0, 0.05) is 16.0 Å². The van der Waals surface area contributed by atoms with E-state index >= 15 is 0 Å². The number of nitrogens with one attached hydrogen (secondary N) is 3. The van der Waals surface area contributed by atoms with Crippen LogP contribution in [0.3, 0.4) is 0 Å². The lowest BCUT2D eigenvalue weighted by atomic mass is 10.2. The molecule has 8 nitrogen and oxygen atoms in total. The Kier molecular flexibility index (Phi) is 6.03. The first kappa shape index (κ1) is 21.0. The van der Waals surface area contributed by atoms with E-state index in [2.05, 4.69) is 25.0 Å². The molecule has 4 rings (SSSR count). The molecule has 158 valence electrons. The maximum absolute atomic E-state index is 12.4. The van der Waals surface area contributed by atoms with Crippen LogP contribution in [0.1, 0.15) is 0 Å². The molecule has 1 amide bonds. The number of halogens is 1. The first-order valence-electron chi connectivity index (χ1n) is 9.00. The topological polar surface area (TPSA) is 117 Å². The summed E-state index contributed by atoms with van der Waals surface area (Å²) >= 11 is 7.09. The summed E-state index contributed by atoms with van der Waals surface area (Å²) in [5.41, 5.74) is 3.00. The average Bonchev–Trinajstić information content (AvgIpc) is 3.38. The van der Waals surface area contributed by atoms with Gasteiger partial charge in [-0.25, -0.2) is 18.4 Å². The van der Waals surface area contributed by atoms with Crippen LogP contribution in [0.2, 0.25) is 5.02 Å². The number of rotatable bonds is 7. The predicted molar refractivity (Wildman–Crippen MR) is 123 cm³/mol. The zero-order valence-electron chi connectivity index (χ0n) is 15.9. The fourth-order valence-electron chi connectivity index (χ4n) is 2.73. The summed E-state index contributed by atoms with van der Waals surface area (Å²) in [6, 6.07) is 16.5. The number of carbonyl (C=O) groups excluding carboxylic acids is 1. The highest BCUT2D eigenvalue weighted by Crippen LogP contribution is 2.25. The van der Waals surface area contributed by atoms with Gasteiger partial charge in [0.25, 0.3) is 0 Å². The summed E-state index contributed by atoms with van der Waals surface area (Å²) in [7, 11) is -3.97. The van der Waals surface area contributed by atoms with Crippen LogP contribution < -0.4 is 10.0 Å². The smallest absolute Gasteiger partial charge is 0.244 e. The SMILES string of the molecule is O=C(CS(=O)(=O)Nc1ncc(-c2ccc(Cl)cc2)[nH]1)Nc1nc(-c2ccccc2)cs1. The van der Waals surface area contributed by atoms with E-state index in [1.807, 2.05) is 30.3 Å². The van der Waals surface area contributed by atoms with Gasteiger partial charge < -0.3 is 10.3 Å². The summed E-state index contributed by atoms with van der Waals surface area (Å²) in [6.45, 7) is 0. The van der Waals surface area contributed by atoms with E-state index in [4.69, 9.17) is 11.6 Å². The molecule has 2 aromatic carbocycles. The third kappa shape index (κ3) is 5.48. The summed E-state index contributed by atoms with van der Waals surface area (Å²) < 4.78 is 27.0. The lowest BCUT2D eigenvalue weighted by molar-refractivity contribution is -0.113. The highest BCUT2D eigenvalue weighted by molar-refractivity contribution is 7.93. The minimum Gasteiger partial charge on any atom is -0.323 e. The van der Waals surface area contributed by atoms with Gasteiger partial charge in [-0.2, -0.15) is 0 Å². The van der Waals surface area contributed by atoms with E-state index in [1.54, 1.807) is 29.6 Å². The Labute approximate surface area is 187 Å². The number of anilines is 2. The molecule has 4 aromatic rings. The minimum absolute atomic E-state index is 0.0124. The lowest BCUT2D eigenvalue weighted by Gasteiger charge is -2.05. The standard InChI is InChI=1S/C20H16ClN5O3S2/c21-15-8-6-14(7-9-15)16-10-22-19(23-16)26-31(28,29)12-18(27)25-20-24-17(11-30-20)13-4-2-1-3-5-13/h1-11H,12H2,(H2,22,23,26)(H,24,25,27). The number of imidazole rings is 1. The molecule has 0 radical (unpaired) electrons. The number of thiazole rings is 1. The first-order valence-corrected chi connectivity index (χ1v) is 11.9. The minimum atomic E-state index is -3.97. The number of sulfonamides is 1. The molecule has 0 fully saturated rings. The van der Waals surface area contributed by atoms with Crippen LogP contribution in [0.15, 0.2) is 66.2 Å². The molecule has 0 spiro atoms. The second-order valence-corrected chi connectivity index (χ2v) is 9.48. The van der Waals surface area contributed by atoms with E-state index in [0.29, 0.717) is 21.5 Å². The van der Waals surface area contributed by atoms with Crippen molar-refractivity contribution in [2.24, 2.45) is 0 Å². The highest BCUT2D eigenvalue weighted by Gasteiger charge is 2.19. The molecular formula is C20H16ClN5O3S2. The maximum atomic E-state index is 12.4. The number of carbonyl (C=O) groups is 1. The fourth-order valence-corrected chi connectivity index (χ4v) is 4.48. The van der Waals surface area contributed by atoms with Gasteiger partial charge >= 0.3 is 0 Å². The molecular weight excluding hydrogens is 458 g/mol. The third-order valence-electron chi connectivity index (χ3n) is 4.12. The fraction of sp³-hybridized carbons (Fsp3) is 0.0500. The Balaban J connectivity index is 1.37. The van der Waals surface area contributed by atoms with E-state index in [0.717, 1.165) is 11.1 Å². The van der Waals surface area contributed by atoms with Crippen molar-refractivity contribution in [1.82, 2.24) is 15.0 Å². The van der Waals surface area contributed by atoms with Crippen LogP contribution in [-0.2, 0) is 14.8 Å². The van der Waals surface area contributed by atoms with Crippen molar-refractivity contribution >= 4 is 49.9 Å². The van der Waals surface area contributed by atoms with Crippen molar-refractivity contribution in [3.63, 3.8) is 0 Å². The van der Waals surface area contributed by atoms with Crippen molar-refractivity contribution in [2.45, 2.75) is 0 Å². The van der Waals surface area contributed by atoms with Gasteiger partial charge in [-0.1, -0.05) is 54.1 Å². The number of aromatic nitrogens is 3. The molecule has 0 aliphatic heterocycles. The Hall–Kier alpha value is -3.21. The van der Waals surface area contributed by atoms with E-state index < -0.39 is 21.7 Å². The number of aromatic amines is 1. The molecule has 2 heterocycles. The molecule has 3 N–H and O–H groups in total. The molecule has 0 aliphatic carbocycles. The summed E-state index contributed by atoms with van der Waals surface area (Å²) in [5, 5.41) is 5.22. The zero-order chi connectivity index (χ0) is 21.8. The van der Waals surface area contributed by atoms with E-state index in [9.17, 15) is 13.2 Å². The second kappa shape index (κ2) is 8.88.